The largest absolute Gasteiger partial charge is 0.293 e. The van der Waals surface area contributed by atoms with E-state index in [4.69, 9.17) is 11.6 Å². The summed E-state index contributed by atoms with van der Waals surface area (Å²) in [5.74, 6) is 0. The zero-order valence-electron chi connectivity index (χ0n) is 12.1. The number of rotatable bonds is 2. The Morgan fingerprint density at radius 1 is 1.32 bits per heavy atom. The number of benzene rings is 1. The molecule has 1 N–H and O–H groups in total. The van der Waals surface area contributed by atoms with Gasteiger partial charge in [-0.1, -0.05) is 23.7 Å². The van der Waals surface area contributed by atoms with Gasteiger partial charge in [0, 0.05) is 22.7 Å². The van der Waals surface area contributed by atoms with E-state index in [0.717, 1.165) is 5.56 Å². The molecule has 0 spiro atoms. The second kappa shape index (κ2) is 5.32. The number of nitrogens with one attached hydrogen (secondary N) is 1. The fourth-order valence-electron chi connectivity index (χ4n) is 2.47. The Hall–Kier alpha value is -2.58. The third kappa shape index (κ3) is 2.28. The van der Waals surface area contributed by atoms with Crippen molar-refractivity contribution in [3.63, 3.8) is 0 Å². The fraction of sp³-hybridized carbons (Fsp3) is 0.188. The molecule has 0 amide bonds. The summed E-state index contributed by atoms with van der Waals surface area (Å²) in [6.45, 7) is 3.54. The molecule has 0 atom stereocenters. The molecule has 3 rings (SSSR count). The Kier molecular flexibility index (Phi) is 3.47. The number of halogens is 1. The minimum Gasteiger partial charge on any atom is -0.293 e. The van der Waals surface area contributed by atoms with Gasteiger partial charge in [-0.15, -0.1) is 0 Å². The number of nitrogens with zero attached hydrogens (tertiary/aromatic N) is 3. The van der Waals surface area contributed by atoms with Crippen LogP contribution in [0, 0.1) is 25.2 Å². The van der Waals surface area contributed by atoms with Gasteiger partial charge in [-0.2, -0.15) is 9.78 Å². The first-order chi connectivity index (χ1) is 10.5. The maximum Gasteiger partial charge on any atom is 0.276 e. The van der Waals surface area contributed by atoms with Gasteiger partial charge >= 0.3 is 0 Å². The van der Waals surface area contributed by atoms with Crippen molar-refractivity contribution in [3.8, 4) is 6.07 Å². The fourth-order valence-corrected chi connectivity index (χ4v) is 2.59. The van der Waals surface area contributed by atoms with E-state index < -0.39 is 0 Å². The van der Waals surface area contributed by atoms with Crippen LogP contribution in [0.4, 0.5) is 0 Å². The molecule has 0 unspecified atom stereocenters. The van der Waals surface area contributed by atoms with Crippen LogP contribution in [0.15, 0.2) is 29.1 Å². The van der Waals surface area contributed by atoms with E-state index in [2.05, 4.69) is 16.2 Å². The van der Waals surface area contributed by atoms with Crippen molar-refractivity contribution < 1.29 is 0 Å². The van der Waals surface area contributed by atoms with E-state index in [1.807, 2.05) is 12.1 Å². The van der Waals surface area contributed by atoms with Crippen LogP contribution in [0.1, 0.15) is 28.1 Å². The zero-order chi connectivity index (χ0) is 15.9. The zero-order valence-corrected chi connectivity index (χ0v) is 12.9. The van der Waals surface area contributed by atoms with E-state index >= 15 is 0 Å². The molecule has 0 bridgehead atoms. The number of fused-ring (bicyclic) bond motifs is 1. The predicted molar refractivity (Wildman–Crippen MR) is 84.3 cm³/mol. The number of H-pyrrole nitrogens is 1. The van der Waals surface area contributed by atoms with E-state index in [-0.39, 0.29) is 5.56 Å². The highest BCUT2D eigenvalue weighted by molar-refractivity contribution is 6.30. The SMILES string of the molecule is Cc1nc2c(C#N)c(C)[nH]n2c(=O)c1Cc1ccc(Cl)cc1. The maximum absolute atomic E-state index is 12.7. The lowest BCUT2D eigenvalue weighted by molar-refractivity contribution is 0.847. The third-order valence-electron chi connectivity index (χ3n) is 3.67. The van der Waals surface area contributed by atoms with Gasteiger partial charge in [0.2, 0.25) is 0 Å². The summed E-state index contributed by atoms with van der Waals surface area (Å²) in [6, 6.07) is 9.44. The first-order valence-electron chi connectivity index (χ1n) is 6.76. The van der Waals surface area contributed by atoms with Crippen molar-refractivity contribution in [1.82, 2.24) is 14.6 Å². The molecule has 0 radical (unpaired) electrons. The molecule has 0 saturated carbocycles. The monoisotopic (exact) mass is 312 g/mol. The predicted octanol–water partition coefficient (Wildman–Crippen LogP) is 2.76. The first kappa shape index (κ1) is 14.4. The molecule has 2 aromatic heterocycles. The van der Waals surface area contributed by atoms with Crippen molar-refractivity contribution in [1.29, 1.82) is 5.26 Å². The summed E-state index contributed by atoms with van der Waals surface area (Å²) in [4.78, 5) is 17.1. The number of hydrogen-bond donors (Lipinski definition) is 1. The number of aryl methyl sites for hydroxylation is 2. The lowest BCUT2D eigenvalue weighted by Crippen LogP contribution is -2.22. The molecule has 2 heterocycles. The quantitative estimate of drug-likeness (QED) is 0.790. The van der Waals surface area contributed by atoms with E-state index in [1.165, 1.54) is 4.52 Å². The Morgan fingerprint density at radius 2 is 2.00 bits per heavy atom. The molecule has 0 aliphatic carbocycles. The van der Waals surface area contributed by atoms with Crippen molar-refractivity contribution in [3.05, 3.63) is 67.7 Å². The molecule has 3 aromatic rings. The highest BCUT2D eigenvalue weighted by atomic mass is 35.5. The number of aromatic amines is 1. The molecule has 6 heteroatoms. The van der Waals surface area contributed by atoms with Crippen LogP contribution in [-0.4, -0.2) is 14.6 Å². The molecule has 1 aromatic carbocycles. The molecule has 0 fully saturated rings. The summed E-state index contributed by atoms with van der Waals surface area (Å²) in [6.07, 6.45) is 0.470. The summed E-state index contributed by atoms with van der Waals surface area (Å²) >= 11 is 5.88. The van der Waals surface area contributed by atoms with Crippen molar-refractivity contribution >= 4 is 17.2 Å². The summed E-state index contributed by atoms with van der Waals surface area (Å²) in [5, 5.41) is 12.7. The molecule has 0 aliphatic rings. The maximum atomic E-state index is 12.7. The van der Waals surface area contributed by atoms with Gasteiger partial charge in [0.1, 0.15) is 11.6 Å². The second-order valence-electron chi connectivity index (χ2n) is 5.17. The minimum atomic E-state index is -0.179. The summed E-state index contributed by atoms with van der Waals surface area (Å²) < 4.78 is 1.34. The highest BCUT2D eigenvalue weighted by Gasteiger charge is 2.16. The Bertz CT molecular complexity index is 961. The molecular weight excluding hydrogens is 300 g/mol. The van der Waals surface area contributed by atoms with Crippen LogP contribution in [0.25, 0.3) is 5.65 Å². The number of aromatic nitrogens is 3. The van der Waals surface area contributed by atoms with Gasteiger partial charge in [-0.05, 0) is 31.5 Å². The van der Waals surface area contributed by atoms with Gasteiger partial charge in [0.25, 0.3) is 5.56 Å². The third-order valence-corrected chi connectivity index (χ3v) is 3.92. The Morgan fingerprint density at radius 3 is 2.64 bits per heavy atom. The lowest BCUT2D eigenvalue weighted by atomic mass is 10.1. The highest BCUT2D eigenvalue weighted by Crippen LogP contribution is 2.16. The normalized spacial score (nSPS) is 10.8. The van der Waals surface area contributed by atoms with Gasteiger partial charge in [-0.25, -0.2) is 4.98 Å². The molecule has 110 valence electrons. The average molecular weight is 313 g/mol. The molecular formula is C16H13ClN4O. The average Bonchev–Trinajstić information content (AvgIpc) is 2.81. The van der Waals surface area contributed by atoms with Crippen LogP contribution < -0.4 is 5.56 Å². The summed E-state index contributed by atoms with van der Waals surface area (Å²) in [5.41, 5.74) is 3.45. The van der Waals surface area contributed by atoms with Gasteiger partial charge in [0.15, 0.2) is 5.65 Å². The minimum absolute atomic E-state index is 0.179. The Labute approximate surface area is 131 Å². The smallest absolute Gasteiger partial charge is 0.276 e. The first-order valence-corrected chi connectivity index (χ1v) is 7.14. The number of nitriles is 1. The van der Waals surface area contributed by atoms with E-state index in [9.17, 15) is 10.1 Å². The van der Waals surface area contributed by atoms with Crippen LogP contribution in [0.2, 0.25) is 5.02 Å². The van der Waals surface area contributed by atoms with Crippen LogP contribution >= 0.6 is 11.6 Å². The van der Waals surface area contributed by atoms with Crippen LogP contribution in [0.3, 0.4) is 0 Å². The molecule has 0 aliphatic heterocycles. The second-order valence-corrected chi connectivity index (χ2v) is 5.60. The molecule has 22 heavy (non-hydrogen) atoms. The van der Waals surface area contributed by atoms with Gasteiger partial charge < -0.3 is 0 Å². The number of hydrogen-bond acceptors (Lipinski definition) is 3. The van der Waals surface area contributed by atoms with Crippen molar-refractivity contribution in [2.75, 3.05) is 0 Å². The van der Waals surface area contributed by atoms with Crippen molar-refractivity contribution in [2.24, 2.45) is 0 Å². The summed E-state index contributed by atoms with van der Waals surface area (Å²) in [7, 11) is 0. The Balaban J connectivity index is 2.17. The van der Waals surface area contributed by atoms with Crippen LogP contribution in [-0.2, 0) is 6.42 Å². The topological polar surface area (TPSA) is 73.9 Å². The van der Waals surface area contributed by atoms with Gasteiger partial charge in [0.05, 0.1) is 5.69 Å². The van der Waals surface area contributed by atoms with E-state index in [0.29, 0.717) is 39.6 Å². The lowest BCUT2D eigenvalue weighted by Gasteiger charge is -2.06. The van der Waals surface area contributed by atoms with Crippen molar-refractivity contribution in [2.45, 2.75) is 20.3 Å². The standard InChI is InChI=1S/C16H13ClN4O/c1-9-13(7-11-3-5-12(17)6-4-11)16(22)21-15(19-9)14(8-18)10(2)20-21/h3-6,20H,7H2,1-2H3. The molecule has 0 saturated heterocycles. The van der Waals surface area contributed by atoms with Crippen LogP contribution in [0.5, 0.6) is 0 Å². The van der Waals surface area contributed by atoms with E-state index in [1.54, 1.807) is 26.0 Å². The molecule has 5 nitrogen and oxygen atoms in total. The van der Waals surface area contributed by atoms with Gasteiger partial charge in [-0.3, -0.25) is 9.89 Å².